The molecule has 3 rings (SSSR count). The zero-order chi connectivity index (χ0) is 18.0. The highest BCUT2D eigenvalue weighted by molar-refractivity contribution is 5.97. The molecule has 2 heterocycles. The van der Waals surface area contributed by atoms with Crippen molar-refractivity contribution in [2.24, 2.45) is 5.10 Å². The summed E-state index contributed by atoms with van der Waals surface area (Å²) in [6, 6.07) is 6.53. The maximum atomic E-state index is 14.1. The van der Waals surface area contributed by atoms with E-state index in [1.54, 1.807) is 12.4 Å². The molecule has 2 aromatic rings. The number of benzene rings is 1. The van der Waals surface area contributed by atoms with Gasteiger partial charge in [0.1, 0.15) is 5.82 Å². The fourth-order valence-corrected chi connectivity index (χ4v) is 3.21. The summed E-state index contributed by atoms with van der Waals surface area (Å²) in [6.07, 6.45) is 4.97. The number of carbonyl (C=O) groups is 1. The first-order chi connectivity index (χ1) is 12.0. The van der Waals surface area contributed by atoms with E-state index in [0.717, 1.165) is 17.5 Å². The van der Waals surface area contributed by atoms with Crippen molar-refractivity contribution >= 4 is 18.3 Å². The Labute approximate surface area is 146 Å². The SMILES string of the molecule is C=NN(C(=O)c1cc(F)cc2c1CCC(c1ccncc1)N2)C(C)C. The van der Waals surface area contributed by atoms with Crippen LogP contribution >= 0.6 is 0 Å². The molecule has 1 atom stereocenters. The molecule has 1 aromatic carbocycles. The monoisotopic (exact) mass is 340 g/mol. The van der Waals surface area contributed by atoms with Gasteiger partial charge in [0.25, 0.3) is 5.91 Å². The molecule has 6 heteroatoms. The van der Waals surface area contributed by atoms with Crippen LogP contribution in [0.4, 0.5) is 10.1 Å². The third-order valence-corrected chi connectivity index (χ3v) is 4.42. The van der Waals surface area contributed by atoms with Crippen molar-refractivity contribution in [3.8, 4) is 0 Å². The van der Waals surface area contributed by atoms with Gasteiger partial charge in [0.05, 0.1) is 12.1 Å². The summed E-state index contributed by atoms with van der Waals surface area (Å²) in [5.41, 5.74) is 2.92. The molecule has 0 bridgehead atoms. The minimum atomic E-state index is -0.447. The van der Waals surface area contributed by atoms with Crippen molar-refractivity contribution in [1.82, 2.24) is 9.99 Å². The van der Waals surface area contributed by atoms with Crippen molar-refractivity contribution in [3.63, 3.8) is 0 Å². The predicted octanol–water partition coefficient (Wildman–Crippen LogP) is 3.79. The van der Waals surface area contributed by atoms with Crippen LogP contribution < -0.4 is 5.32 Å². The first-order valence-electron chi connectivity index (χ1n) is 8.30. The van der Waals surface area contributed by atoms with Crippen LogP contribution in [0, 0.1) is 5.82 Å². The maximum Gasteiger partial charge on any atom is 0.274 e. The number of carbonyl (C=O) groups excluding carboxylic acids is 1. The van der Waals surface area contributed by atoms with Crippen molar-refractivity contribution in [2.45, 2.75) is 38.8 Å². The zero-order valence-corrected chi connectivity index (χ0v) is 14.4. The Morgan fingerprint density at radius 3 is 2.76 bits per heavy atom. The summed E-state index contributed by atoms with van der Waals surface area (Å²) < 4.78 is 14.1. The Morgan fingerprint density at radius 1 is 1.40 bits per heavy atom. The zero-order valence-electron chi connectivity index (χ0n) is 14.4. The molecule has 0 aliphatic carbocycles. The van der Waals surface area contributed by atoms with Gasteiger partial charge >= 0.3 is 0 Å². The second kappa shape index (κ2) is 7.01. The van der Waals surface area contributed by atoms with Crippen LogP contribution in [0.1, 0.15) is 47.8 Å². The number of hydrogen-bond donors (Lipinski definition) is 1. The summed E-state index contributed by atoms with van der Waals surface area (Å²) in [5, 5.41) is 8.42. The number of aromatic nitrogens is 1. The number of hydrogen-bond acceptors (Lipinski definition) is 4. The number of nitrogens with one attached hydrogen (secondary N) is 1. The normalized spacial score (nSPS) is 16.1. The van der Waals surface area contributed by atoms with Crippen molar-refractivity contribution in [2.75, 3.05) is 5.32 Å². The molecule has 0 radical (unpaired) electrons. The standard InChI is InChI=1S/C19H21FN4O/c1-12(2)24(21-3)19(25)16-10-14(20)11-18-15(16)4-5-17(23-18)13-6-8-22-9-7-13/h6-12,17,23H,3-5H2,1-2H3. The number of fused-ring (bicyclic) bond motifs is 1. The smallest absolute Gasteiger partial charge is 0.274 e. The topological polar surface area (TPSA) is 57.6 Å². The Hall–Kier alpha value is -2.76. The Balaban J connectivity index is 1.96. The summed E-state index contributed by atoms with van der Waals surface area (Å²) in [5.74, 6) is -0.775. The second-order valence-electron chi connectivity index (χ2n) is 6.38. The number of hydrazone groups is 1. The van der Waals surface area contributed by atoms with Gasteiger partial charge in [-0.3, -0.25) is 9.78 Å². The second-order valence-corrected chi connectivity index (χ2v) is 6.38. The van der Waals surface area contributed by atoms with E-state index in [2.05, 4.69) is 22.1 Å². The molecule has 1 aromatic heterocycles. The van der Waals surface area contributed by atoms with E-state index < -0.39 is 5.82 Å². The first kappa shape index (κ1) is 17.1. The fourth-order valence-electron chi connectivity index (χ4n) is 3.21. The fraction of sp³-hybridized carbons (Fsp3) is 0.316. The van der Waals surface area contributed by atoms with Gasteiger partial charge in [-0.25, -0.2) is 9.40 Å². The summed E-state index contributed by atoms with van der Waals surface area (Å²) in [6.45, 7) is 7.14. The van der Waals surface area contributed by atoms with Crippen LogP contribution in [0.25, 0.3) is 0 Å². The molecule has 1 N–H and O–H groups in total. The Kier molecular flexibility index (Phi) is 4.79. The van der Waals surface area contributed by atoms with Crippen molar-refractivity contribution < 1.29 is 9.18 Å². The van der Waals surface area contributed by atoms with E-state index in [9.17, 15) is 9.18 Å². The van der Waals surface area contributed by atoms with Gasteiger partial charge in [-0.1, -0.05) is 0 Å². The molecule has 0 saturated heterocycles. The van der Waals surface area contributed by atoms with E-state index in [-0.39, 0.29) is 18.0 Å². The lowest BCUT2D eigenvalue weighted by Gasteiger charge is -2.30. The van der Waals surface area contributed by atoms with Crippen molar-refractivity contribution in [3.05, 3.63) is 59.2 Å². The lowest BCUT2D eigenvalue weighted by Crippen LogP contribution is -2.33. The van der Waals surface area contributed by atoms with Crippen LogP contribution in [0.3, 0.4) is 0 Å². The van der Waals surface area contributed by atoms with Gasteiger partial charge in [0.2, 0.25) is 0 Å². The molecule has 1 unspecified atom stereocenters. The number of anilines is 1. The summed E-state index contributed by atoms with van der Waals surface area (Å²) in [4.78, 5) is 16.8. The predicted molar refractivity (Wildman–Crippen MR) is 96.2 cm³/mol. The van der Waals surface area contributed by atoms with E-state index in [1.165, 1.54) is 17.1 Å². The van der Waals surface area contributed by atoms with Crippen LogP contribution in [-0.2, 0) is 6.42 Å². The number of halogens is 1. The minimum absolute atomic E-state index is 0.0685. The molecule has 25 heavy (non-hydrogen) atoms. The molecule has 1 aliphatic rings. The van der Waals surface area contributed by atoms with Crippen LogP contribution in [0.15, 0.2) is 41.8 Å². The molecule has 0 saturated carbocycles. The van der Waals surface area contributed by atoms with Crippen LogP contribution in [0.5, 0.6) is 0 Å². The molecule has 1 aliphatic heterocycles. The highest BCUT2D eigenvalue weighted by atomic mass is 19.1. The number of amides is 1. The molecule has 0 spiro atoms. The highest BCUT2D eigenvalue weighted by Crippen LogP contribution is 2.35. The third kappa shape index (κ3) is 3.38. The quantitative estimate of drug-likeness (QED) is 0.680. The van der Waals surface area contributed by atoms with Gasteiger partial charge in [0, 0.05) is 30.4 Å². The summed E-state index contributed by atoms with van der Waals surface area (Å²) >= 11 is 0. The minimum Gasteiger partial charge on any atom is -0.378 e. The molecule has 0 fully saturated rings. The first-order valence-corrected chi connectivity index (χ1v) is 8.30. The average molecular weight is 340 g/mol. The van der Waals surface area contributed by atoms with E-state index >= 15 is 0 Å². The Morgan fingerprint density at radius 2 is 2.12 bits per heavy atom. The lowest BCUT2D eigenvalue weighted by atomic mass is 9.90. The Bertz CT molecular complexity index is 792. The van der Waals surface area contributed by atoms with E-state index in [0.29, 0.717) is 17.7 Å². The largest absolute Gasteiger partial charge is 0.378 e. The number of rotatable bonds is 4. The number of nitrogens with zero attached hydrogens (tertiary/aromatic N) is 3. The molecular weight excluding hydrogens is 319 g/mol. The molecular formula is C19H21FN4O. The van der Waals surface area contributed by atoms with Gasteiger partial charge in [-0.15, -0.1) is 0 Å². The third-order valence-electron chi connectivity index (χ3n) is 4.42. The molecule has 130 valence electrons. The van der Waals surface area contributed by atoms with Crippen LogP contribution in [0.2, 0.25) is 0 Å². The molecule has 1 amide bonds. The molecule has 5 nitrogen and oxygen atoms in total. The van der Waals surface area contributed by atoms with Gasteiger partial charge in [-0.2, -0.15) is 5.10 Å². The van der Waals surface area contributed by atoms with E-state index in [4.69, 9.17) is 0 Å². The van der Waals surface area contributed by atoms with Gasteiger partial charge < -0.3 is 5.32 Å². The van der Waals surface area contributed by atoms with Gasteiger partial charge in [-0.05, 0) is 62.1 Å². The maximum absolute atomic E-state index is 14.1. The van der Waals surface area contributed by atoms with Crippen molar-refractivity contribution in [1.29, 1.82) is 0 Å². The van der Waals surface area contributed by atoms with Crippen LogP contribution in [-0.4, -0.2) is 28.7 Å². The number of pyridine rings is 1. The van der Waals surface area contributed by atoms with E-state index in [1.807, 2.05) is 26.0 Å². The average Bonchev–Trinajstić information content (AvgIpc) is 2.61. The van der Waals surface area contributed by atoms with Gasteiger partial charge in [0.15, 0.2) is 0 Å². The highest BCUT2D eigenvalue weighted by Gasteiger charge is 2.27. The summed E-state index contributed by atoms with van der Waals surface area (Å²) in [7, 11) is 0. The lowest BCUT2D eigenvalue weighted by molar-refractivity contribution is 0.0712.